The van der Waals surface area contributed by atoms with Crippen molar-refractivity contribution in [2.45, 2.75) is 33.4 Å². The van der Waals surface area contributed by atoms with Crippen molar-refractivity contribution in [3.63, 3.8) is 0 Å². The molecule has 31 heavy (non-hydrogen) atoms. The molecule has 0 aliphatic heterocycles. The fraction of sp³-hybridized carbons (Fsp3) is 0.200. The Morgan fingerprint density at radius 1 is 1.06 bits per heavy atom. The zero-order valence-electron chi connectivity index (χ0n) is 17.8. The summed E-state index contributed by atoms with van der Waals surface area (Å²) in [6, 6.07) is 19.6. The van der Waals surface area contributed by atoms with Crippen molar-refractivity contribution >= 4 is 5.91 Å². The van der Waals surface area contributed by atoms with Gasteiger partial charge in [0.2, 0.25) is 0 Å². The molecular weight excluding hydrogens is 390 g/mol. The molecule has 0 aliphatic carbocycles. The lowest BCUT2D eigenvalue weighted by Crippen LogP contribution is -2.28. The number of benzene rings is 2. The van der Waals surface area contributed by atoms with E-state index < -0.39 is 0 Å². The summed E-state index contributed by atoms with van der Waals surface area (Å²) in [5.74, 6) is 1.05. The Hall–Kier alpha value is -3.80. The third kappa shape index (κ3) is 4.53. The highest BCUT2D eigenvalue weighted by atomic mass is 16.5. The Kier molecular flexibility index (Phi) is 5.89. The smallest absolute Gasteiger partial charge is 0.274 e. The highest BCUT2D eigenvalue weighted by molar-refractivity contribution is 5.94. The molecule has 0 radical (unpaired) electrons. The minimum atomic E-state index is -0.290. The fourth-order valence-electron chi connectivity index (χ4n) is 3.40. The highest BCUT2D eigenvalue weighted by Crippen LogP contribution is 2.22. The van der Waals surface area contributed by atoms with Crippen LogP contribution in [0.3, 0.4) is 0 Å². The van der Waals surface area contributed by atoms with E-state index in [1.54, 1.807) is 6.92 Å². The van der Waals surface area contributed by atoms with E-state index >= 15 is 0 Å². The van der Waals surface area contributed by atoms with Gasteiger partial charge in [-0.2, -0.15) is 0 Å². The number of rotatable bonds is 7. The van der Waals surface area contributed by atoms with Gasteiger partial charge in [-0.1, -0.05) is 35.5 Å². The van der Waals surface area contributed by atoms with Crippen LogP contribution in [0.2, 0.25) is 0 Å². The maximum Gasteiger partial charge on any atom is 0.274 e. The van der Waals surface area contributed by atoms with Crippen molar-refractivity contribution in [1.82, 2.24) is 15.0 Å². The number of aromatic nitrogens is 2. The molecule has 0 saturated heterocycles. The lowest BCUT2D eigenvalue weighted by atomic mass is 10.1. The molecule has 158 valence electrons. The van der Waals surface area contributed by atoms with Gasteiger partial charge < -0.3 is 19.1 Å². The van der Waals surface area contributed by atoms with E-state index in [1.165, 1.54) is 0 Å². The minimum absolute atomic E-state index is 0.187. The van der Waals surface area contributed by atoms with Crippen LogP contribution in [-0.2, 0) is 6.61 Å². The number of carbonyl (C=O) groups is 1. The summed E-state index contributed by atoms with van der Waals surface area (Å²) in [4.78, 5) is 12.9. The average molecular weight is 415 g/mol. The summed E-state index contributed by atoms with van der Waals surface area (Å²) in [7, 11) is 0. The fourth-order valence-corrected chi connectivity index (χ4v) is 3.40. The summed E-state index contributed by atoms with van der Waals surface area (Å²) in [5, 5.41) is 6.98. The van der Waals surface area contributed by atoms with E-state index in [0.717, 1.165) is 22.6 Å². The van der Waals surface area contributed by atoms with Crippen LogP contribution in [0, 0.1) is 13.8 Å². The largest absolute Gasteiger partial charge is 0.488 e. The van der Waals surface area contributed by atoms with Crippen LogP contribution >= 0.6 is 0 Å². The van der Waals surface area contributed by atoms with Crippen LogP contribution in [0.15, 0.2) is 77.6 Å². The van der Waals surface area contributed by atoms with Crippen LogP contribution in [0.25, 0.3) is 5.69 Å². The predicted molar refractivity (Wildman–Crippen MR) is 118 cm³/mol. The summed E-state index contributed by atoms with van der Waals surface area (Å²) < 4.78 is 13.2. The first-order valence-corrected chi connectivity index (χ1v) is 10.2. The second-order valence-electron chi connectivity index (χ2n) is 7.50. The molecule has 0 fully saturated rings. The van der Waals surface area contributed by atoms with Crippen LogP contribution in [-0.4, -0.2) is 15.6 Å². The van der Waals surface area contributed by atoms with Gasteiger partial charge >= 0.3 is 0 Å². The maximum absolute atomic E-state index is 12.9. The third-order valence-corrected chi connectivity index (χ3v) is 5.31. The second-order valence-corrected chi connectivity index (χ2v) is 7.50. The summed E-state index contributed by atoms with van der Waals surface area (Å²) in [6.45, 7) is 5.91. The van der Waals surface area contributed by atoms with Crippen molar-refractivity contribution in [2.24, 2.45) is 0 Å². The lowest BCUT2D eigenvalue weighted by molar-refractivity contribution is 0.0928. The van der Waals surface area contributed by atoms with Gasteiger partial charge in [-0.3, -0.25) is 4.79 Å². The van der Waals surface area contributed by atoms with Gasteiger partial charge in [0, 0.05) is 18.1 Å². The number of amides is 1. The standard InChI is InChI=1S/C25H25N3O3/c1-17-8-4-5-9-23(17)30-16-22-19(3)31-27-24(22)25(29)26-18(2)20-10-12-21(13-11-20)28-14-6-7-15-28/h4-15,18H,16H2,1-3H3,(H,26,29). The summed E-state index contributed by atoms with van der Waals surface area (Å²) in [5.41, 5.74) is 4.00. The third-order valence-electron chi connectivity index (χ3n) is 5.31. The first-order valence-electron chi connectivity index (χ1n) is 10.2. The van der Waals surface area contributed by atoms with E-state index in [2.05, 4.69) is 10.5 Å². The van der Waals surface area contributed by atoms with Crippen molar-refractivity contribution in [3.05, 3.63) is 101 Å². The lowest BCUT2D eigenvalue weighted by Gasteiger charge is -2.15. The van der Waals surface area contributed by atoms with Gasteiger partial charge in [0.1, 0.15) is 18.1 Å². The SMILES string of the molecule is Cc1ccccc1OCc1c(C(=O)NC(C)c2ccc(-n3cccc3)cc2)noc1C. The zero-order chi connectivity index (χ0) is 21.8. The van der Waals surface area contributed by atoms with Crippen LogP contribution in [0.1, 0.15) is 45.9 Å². The molecular formula is C25H25N3O3. The number of carbonyl (C=O) groups excluding carboxylic acids is 1. The van der Waals surface area contributed by atoms with Crippen molar-refractivity contribution in [3.8, 4) is 11.4 Å². The van der Waals surface area contributed by atoms with E-state index in [1.807, 2.05) is 91.5 Å². The molecule has 6 nitrogen and oxygen atoms in total. The molecule has 1 atom stereocenters. The number of nitrogens with zero attached hydrogens (tertiary/aromatic N) is 2. The van der Waals surface area contributed by atoms with Crippen LogP contribution < -0.4 is 10.1 Å². The quantitative estimate of drug-likeness (QED) is 0.453. The first kappa shape index (κ1) is 20.5. The van der Waals surface area contributed by atoms with E-state index in [9.17, 15) is 4.79 Å². The Bertz CT molecular complexity index is 1160. The van der Waals surface area contributed by atoms with Gasteiger partial charge in [-0.15, -0.1) is 0 Å². The molecule has 4 rings (SSSR count). The van der Waals surface area contributed by atoms with Crippen LogP contribution in [0.5, 0.6) is 5.75 Å². The zero-order valence-corrected chi connectivity index (χ0v) is 17.8. The van der Waals surface area contributed by atoms with Crippen molar-refractivity contribution < 1.29 is 14.1 Å². The summed E-state index contributed by atoms with van der Waals surface area (Å²) in [6.07, 6.45) is 3.99. The van der Waals surface area contributed by atoms with E-state index in [0.29, 0.717) is 11.3 Å². The highest BCUT2D eigenvalue weighted by Gasteiger charge is 2.22. The molecule has 1 N–H and O–H groups in total. The molecule has 2 aromatic heterocycles. The predicted octanol–water partition coefficient (Wildman–Crippen LogP) is 5.15. The molecule has 0 saturated carbocycles. The topological polar surface area (TPSA) is 69.3 Å². The molecule has 0 spiro atoms. The number of nitrogens with one attached hydrogen (secondary N) is 1. The Morgan fingerprint density at radius 3 is 2.48 bits per heavy atom. The normalized spacial score (nSPS) is 11.8. The number of para-hydroxylation sites is 1. The molecule has 4 aromatic rings. The molecule has 1 unspecified atom stereocenters. The number of aryl methyl sites for hydroxylation is 2. The molecule has 2 aromatic carbocycles. The molecule has 0 bridgehead atoms. The minimum Gasteiger partial charge on any atom is -0.488 e. The monoisotopic (exact) mass is 415 g/mol. The Morgan fingerprint density at radius 2 is 1.77 bits per heavy atom. The van der Waals surface area contributed by atoms with E-state index in [4.69, 9.17) is 9.26 Å². The number of hydrogen-bond acceptors (Lipinski definition) is 4. The van der Waals surface area contributed by atoms with Crippen LogP contribution in [0.4, 0.5) is 0 Å². The van der Waals surface area contributed by atoms with Crippen molar-refractivity contribution in [1.29, 1.82) is 0 Å². The molecule has 6 heteroatoms. The number of hydrogen-bond donors (Lipinski definition) is 1. The Labute approximate surface area is 181 Å². The Balaban J connectivity index is 1.44. The van der Waals surface area contributed by atoms with E-state index in [-0.39, 0.29) is 24.2 Å². The maximum atomic E-state index is 12.9. The number of ether oxygens (including phenoxy) is 1. The molecule has 0 aliphatic rings. The van der Waals surface area contributed by atoms with Crippen molar-refractivity contribution in [2.75, 3.05) is 0 Å². The van der Waals surface area contributed by atoms with Gasteiger partial charge in [0.05, 0.1) is 11.6 Å². The summed E-state index contributed by atoms with van der Waals surface area (Å²) >= 11 is 0. The molecule has 2 heterocycles. The van der Waals surface area contributed by atoms with Gasteiger partial charge in [-0.05, 0) is 62.2 Å². The van der Waals surface area contributed by atoms with Gasteiger partial charge in [0.25, 0.3) is 5.91 Å². The second kappa shape index (κ2) is 8.92. The first-order chi connectivity index (χ1) is 15.0. The van der Waals surface area contributed by atoms with Gasteiger partial charge in [-0.25, -0.2) is 0 Å². The van der Waals surface area contributed by atoms with Gasteiger partial charge in [0.15, 0.2) is 5.69 Å². The average Bonchev–Trinajstić information content (AvgIpc) is 3.43. The molecule has 1 amide bonds.